The molecule has 4 nitrogen and oxygen atoms in total. The van der Waals surface area contributed by atoms with Crippen molar-refractivity contribution in [2.75, 3.05) is 7.11 Å². The van der Waals surface area contributed by atoms with Gasteiger partial charge in [-0.15, -0.1) is 0 Å². The molecule has 0 saturated heterocycles. The summed E-state index contributed by atoms with van der Waals surface area (Å²) >= 11 is 0. The maximum Gasteiger partial charge on any atom is 0.241 e. The van der Waals surface area contributed by atoms with E-state index in [0.717, 1.165) is 18.2 Å². The van der Waals surface area contributed by atoms with Gasteiger partial charge in [-0.3, -0.25) is 0 Å². The summed E-state index contributed by atoms with van der Waals surface area (Å²) < 4.78 is 74.3. The van der Waals surface area contributed by atoms with Crippen LogP contribution in [0.25, 0.3) is 11.1 Å². The minimum atomic E-state index is -3.91. The van der Waals surface area contributed by atoms with Gasteiger partial charge in [-0.25, -0.2) is 26.3 Å². The molecular weight excluding hydrogens is 403 g/mol. The minimum absolute atomic E-state index is 0.0155. The van der Waals surface area contributed by atoms with Gasteiger partial charge in [0.1, 0.15) is 23.2 Å². The molecule has 1 unspecified atom stereocenters. The highest BCUT2D eigenvalue weighted by Gasteiger charge is 2.22. The highest BCUT2D eigenvalue weighted by atomic mass is 32.2. The SMILES string of the molecule is COc1ccc(S(=O)(=O)NC(C)c2ccc(F)cc2-c2ccc(F)cc2F)cc1. The van der Waals surface area contributed by atoms with Crippen molar-refractivity contribution in [2.45, 2.75) is 17.9 Å². The van der Waals surface area contributed by atoms with E-state index in [2.05, 4.69) is 4.72 Å². The molecule has 0 aliphatic carbocycles. The van der Waals surface area contributed by atoms with Gasteiger partial charge < -0.3 is 4.74 Å². The molecule has 0 fully saturated rings. The van der Waals surface area contributed by atoms with Crippen LogP contribution in [-0.2, 0) is 10.0 Å². The van der Waals surface area contributed by atoms with Gasteiger partial charge in [-0.1, -0.05) is 6.07 Å². The molecule has 0 amide bonds. The van der Waals surface area contributed by atoms with Gasteiger partial charge in [0, 0.05) is 17.7 Å². The van der Waals surface area contributed by atoms with Crippen molar-refractivity contribution in [3.8, 4) is 16.9 Å². The molecular formula is C21H18F3NO3S. The third kappa shape index (κ3) is 4.60. The second-order valence-electron chi connectivity index (χ2n) is 6.37. The van der Waals surface area contributed by atoms with Crippen molar-refractivity contribution in [3.05, 3.63) is 83.7 Å². The Morgan fingerprint density at radius 2 is 1.48 bits per heavy atom. The fourth-order valence-electron chi connectivity index (χ4n) is 2.97. The normalized spacial score (nSPS) is 12.6. The first-order valence-electron chi connectivity index (χ1n) is 8.62. The number of nitrogens with one attached hydrogen (secondary N) is 1. The Kier molecular flexibility index (Phi) is 5.95. The molecule has 0 aliphatic rings. The van der Waals surface area contributed by atoms with Crippen molar-refractivity contribution in [1.29, 1.82) is 0 Å². The number of sulfonamides is 1. The molecule has 3 aromatic rings. The van der Waals surface area contributed by atoms with E-state index in [1.807, 2.05) is 0 Å². The second-order valence-corrected chi connectivity index (χ2v) is 8.09. The first-order valence-corrected chi connectivity index (χ1v) is 10.1. The van der Waals surface area contributed by atoms with Crippen LogP contribution < -0.4 is 9.46 Å². The Bertz CT molecular complexity index is 1130. The Balaban J connectivity index is 1.97. The zero-order chi connectivity index (χ0) is 21.2. The largest absolute Gasteiger partial charge is 0.497 e. The zero-order valence-corrected chi connectivity index (χ0v) is 16.4. The highest BCUT2D eigenvalue weighted by molar-refractivity contribution is 7.89. The third-order valence-corrected chi connectivity index (χ3v) is 5.96. The summed E-state index contributed by atoms with van der Waals surface area (Å²) in [7, 11) is -2.44. The van der Waals surface area contributed by atoms with Crippen LogP contribution in [0.3, 0.4) is 0 Å². The maximum absolute atomic E-state index is 14.3. The van der Waals surface area contributed by atoms with Crippen LogP contribution in [0.1, 0.15) is 18.5 Å². The lowest BCUT2D eigenvalue weighted by Gasteiger charge is -2.19. The molecule has 0 bridgehead atoms. The van der Waals surface area contributed by atoms with E-state index < -0.39 is 33.5 Å². The van der Waals surface area contributed by atoms with Gasteiger partial charge in [0.15, 0.2) is 0 Å². The smallest absolute Gasteiger partial charge is 0.241 e. The summed E-state index contributed by atoms with van der Waals surface area (Å²) in [6.45, 7) is 1.55. The molecule has 152 valence electrons. The number of hydrogen-bond donors (Lipinski definition) is 1. The van der Waals surface area contributed by atoms with Gasteiger partial charge in [0.25, 0.3) is 0 Å². The van der Waals surface area contributed by atoms with Crippen LogP contribution in [0.2, 0.25) is 0 Å². The number of rotatable bonds is 6. The highest BCUT2D eigenvalue weighted by Crippen LogP contribution is 2.32. The van der Waals surface area contributed by atoms with E-state index in [1.165, 1.54) is 43.5 Å². The summed E-state index contributed by atoms with van der Waals surface area (Å²) in [6, 6.07) is 11.5. The van der Waals surface area contributed by atoms with Crippen LogP contribution in [-0.4, -0.2) is 15.5 Å². The molecule has 0 aromatic heterocycles. The molecule has 1 N–H and O–H groups in total. The summed E-state index contributed by atoms with van der Waals surface area (Å²) in [5.74, 6) is -1.76. The van der Waals surface area contributed by atoms with E-state index >= 15 is 0 Å². The minimum Gasteiger partial charge on any atom is -0.497 e. The predicted molar refractivity (Wildman–Crippen MR) is 103 cm³/mol. The maximum atomic E-state index is 14.3. The van der Waals surface area contributed by atoms with Crippen LogP contribution in [0.4, 0.5) is 13.2 Å². The third-order valence-electron chi connectivity index (χ3n) is 4.40. The summed E-state index contributed by atoms with van der Waals surface area (Å²) in [5.41, 5.74) is 0.442. The predicted octanol–water partition coefficient (Wildman–Crippen LogP) is 4.82. The fraction of sp³-hybridized carbons (Fsp3) is 0.143. The van der Waals surface area contributed by atoms with Gasteiger partial charge >= 0.3 is 0 Å². The van der Waals surface area contributed by atoms with E-state index in [9.17, 15) is 21.6 Å². The molecule has 8 heteroatoms. The Morgan fingerprint density at radius 1 is 0.862 bits per heavy atom. The molecule has 0 radical (unpaired) electrons. The summed E-state index contributed by atoms with van der Waals surface area (Å²) in [6.07, 6.45) is 0. The first kappa shape index (κ1) is 20.9. The summed E-state index contributed by atoms with van der Waals surface area (Å²) in [5, 5.41) is 0. The van der Waals surface area contributed by atoms with Crippen LogP contribution >= 0.6 is 0 Å². The fourth-order valence-corrected chi connectivity index (χ4v) is 4.19. The molecule has 0 saturated carbocycles. The monoisotopic (exact) mass is 421 g/mol. The Morgan fingerprint density at radius 3 is 2.10 bits per heavy atom. The van der Waals surface area contributed by atoms with Gasteiger partial charge in [0.2, 0.25) is 10.0 Å². The van der Waals surface area contributed by atoms with Crippen LogP contribution in [0, 0.1) is 17.5 Å². The van der Waals surface area contributed by atoms with Crippen LogP contribution in [0.15, 0.2) is 65.6 Å². The van der Waals surface area contributed by atoms with E-state index in [0.29, 0.717) is 17.4 Å². The van der Waals surface area contributed by atoms with Crippen molar-refractivity contribution in [2.24, 2.45) is 0 Å². The van der Waals surface area contributed by atoms with E-state index in [-0.39, 0.29) is 16.0 Å². The van der Waals surface area contributed by atoms with Gasteiger partial charge in [-0.05, 0) is 66.6 Å². The molecule has 0 spiro atoms. The first-order chi connectivity index (χ1) is 13.7. The lowest BCUT2D eigenvalue weighted by molar-refractivity contribution is 0.414. The molecule has 1 atom stereocenters. The molecule has 3 aromatic carbocycles. The molecule has 0 aliphatic heterocycles. The summed E-state index contributed by atoms with van der Waals surface area (Å²) in [4.78, 5) is 0.0155. The van der Waals surface area contributed by atoms with E-state index in [4.69, 9.17) is 4.74 Å². The van der Waals surface area contributed by atoms with Crippen molar-refractivity contribution in [1.82, 2.24) is 4.72 Å². The standard InChI is InChI=1S/C21H18F3NO3S/c1-13(25-29(26,27)17-7-5-16(28-2)6-8-17)18-9-3-14(22)11-20(18)19-10-4-15(23)12-21(19)24/h3-13,25H,1-2H3. The van der Waals surface area contributed by atoms with Gasteiger partial charge in [0.05, 0.1) is 12.0 Å². The number of halogens is 3. The van der Waals surface area contributed by atoms with Gasteiger partial charge in [-0.2, -0.15) is 0 Å². The van der Waals surface area contributed by atoms with Crippen molar-refractivity contribution < 1.29 is 26.3 Å². The van der Waals surface area contributed by atoms with Crippen LogP contribution in [0.5, 0.6) is 5.75 Å². The Hall–Kier alpha value is -2.84. The Labute approximate surface area is 167 Å². The zero-order valence-electron chi connectivity index (χ0n) is 15.6. The quantitative estimate of drug-likeness (QED) is 0.621. The lowest BCUT2D eigenvalue weighted by Crippen LogP contribution is -2.27. The number of methoxy groups -OCH3 is 1. The lowest BCUT2D eigenvalue weighted by atomic mass is 9.95. The number of hydrogen-bond acceptors (Lipinski definition) is 3. The average molecular weight is 421 g/mol. The van der Waals surface area contributed by atoms with E-state index in [1.54, 1.807) is 6.92 Å². The molecule has 29 heavy (non-hydrogen) atoms. The number of benzene rings is 3. The number of ether oxygens (including phenoxy) is 1. The topological polar surface area (TPSA) is 55.4 Å². The van der Waals surface area contributed by atoms with Crippen molar-refractivity contribution in [3.63, 3.8) is 0 Å². The molecule has 0 heterocycles. The second kappa shape index (κ2) is 8.26. The average Bonchev–Trinajstić information content (AvgIpc) is 2.67. The van der Waals surface area contributed by atoms with Crippen molar-refractivity contribution >= 4 is 10.0 Å². The molecule has 3 rings (SSSR count).